The number of ether oxygens (including phenoxy) is 1. The molecule has 0 bridgehead atoms. The standard InChI is InChI=1S/C10H12N2O2/c1-3-12-7-5-4-6-8(14-2)9(7)10(13)11-12/h4-6H,3H2,1-2H3,(H,11,13). The first-order valence-electron chi connectivity index (χ1n) is 4.53. The Morgan fingerprint density at radius 2 is 2.29 bits per heavy atom. The molecule has 4 heteroatoms. The first kappa shape index (κ1) is 8.87. The van der Waals surface area contributed by atoms with Crippen LogP contribution in [0.2, 0.25) is 0 Å². The van der Waals surface area contributed by atoms with E-state index in [1.807, 2.05) is 19.1 Å². The molecule has 0 aliphatic heterocycles. The molecule has 1 heterocycles. The van der Waals surface area contributed by atoms with E-state index in [1.165, 1.54) is 0 Å². The van der Waals surface area contributed by atoms with Gasteiger partial charge < -0.3 is 4.74 Å². The van der Waals surface area contributed by atoms with Gasteiger partial charge >= 0.3 is 0 Å². The Hall–Kier alpha value is -1.71. The van der Waals surface area contributed by atoms with Gasteiger partial charge in [0.2, 0.25) is 0 Å². The van der Waals surface area contributed by atoms with Gasteiger partial charge in [-0.2, -0.15) is 0 Å². The van der Waals surface area contributed by atoms with Crippen molar-refractivity contribution in [1.29, 1.82) is 0 Å². The molecule has 0 aliphatic rings. The zero-order chi connectivity index (χ0) is 10.1. The number of aromatic nitrogens is 2. The number of rotatable bonds is 2. The summed E-state index contributed by atoms with van der Waals surface area (Å²) in [4.78, 5) is 11.6. The Bertz CT molecular complexity index is 510. The minimum Gasteiger partial charge on any atom is -0.496 e. The molecule has 1 aromatic heterocycles. The minimum atomic E-state index is -0.0979. The number of aryl methyl sites for hydroxylation is 1. The third kappa shape index (κ3) is 1.11. The zero-order valence-corrected chi connectivity index (χ0v) is 8.20. The van der Waals surface area contributed by atoms with Gasteiger partial charge in [-0.3, -0.25) is 14.6 Å². The third-order valence-electron chi connectivity index (χ3n) is 2.29. The minimum absolute atomic E-state index is 0.0979. The quantitative estimate of drug-likeness (QED) is 0.780. The van der Waals surface area contributed by atoms with Gasteiger partial charge in [-0.05, 0) is 19.1 Å². The van der Waals surface area contributed by atoms with E-state index in [1.54, 1.807) is 17.9 Å². The highest BCUT2D eigenvalue weighted by molar-refractivity contribution is 5.84. The summed E-state index contributed by atoms with van der Waals surface area (Å²) < 4.78 is 6.94. The Kier molecular flexibility index (Phi) is 2.04. The van der Waals surface area contributed by atoms with E-state index in [0.29, 0.717) is 11.1 Å². The molecule has 2 aromatic rings. The molecular formula is C10H12N2O2. The van der Waals surface area contributed by atoms with Gasteiger partial charge in [0.15, 0.2) is 0 Å². The molecule has 14 heavy (non-hydrogen) atoms. The summed E-state index contributed by atoms with van der Waals surface area (Å²) in [6, 6.07) is 5.57. The van der Waals surface area contributed by atoms with Crippen LogP contribution in [0.25, 0.3) is 10.9 Å². The number of benzene rings is 1. The molecule has 4 nitrogen and oxygen atoms in total. The van der Waals surface area contributed by atoms with Crippen LogP contribution in [0.5, 0.6) is 5.75 Å². The summed E-state index contributed by atoms with van der Waals surface area (Å²) in [7, 11) is 1.57. The predicted octanol–water partition coefficient (Wildman–Crippen LogP) is 1.36. The van der Waals surface area contributed by atoms with Crippen LogP contribution in [0.15, 0.2) is 23.0 Å². The van der Waals surface area contributed by atoms with Crippen LogP contribution in [-0.4, -0.2) is 16.9 Å². The molecule has 0 fully saturated rings. The molecule has 0 aliphatic carbocycles. The van der Waals surface area contributed by atoms with Gasteiger partial charge in [-0.25, -0.2) is 0 Å². The number of hydrogen-bond donors (Lipinski definition) is 1. The summed E-state index contributed by atoms with van der Waals surface area (Å²) in [5.74, 6) is 0.621. The fourth-order valence-corrected chi connectivity index (χ4v) is 1.63. The first-order chi connectivity index (χ1) is 6.77. The second kappa shape index (κ2) is 3.21. The lowest BCUT2D eigenvalue weighted by Crippen LogP contribution is -2.04. The maximum Gasteiger partial charge on any atom is 0.275 e. The van der Waals surface area contributed by atoms with Crippen LogP contribution >= 0.6 is 0 Å². The molecule has 0 saturated heterocycles. The maximum atomic E-state index is 11.6. The molecule has 74 valence electrons. The van der Waals surface area contributed by atoms with Gasteiger partial charge in [0.05, 0.1) is 12.6 Å². The second-order valence-electron chi connectivity index (χ2n) is 3.04. The number of nitrogens with one attached hydrogen (secondary N) is 1. The van der Waals surface area contributed by atoms with Gasteiger partial charge in [0.25, 0.3) is 5.56 Å². The molecule has 0 saturated carbocycles. The fraction of sp³-hybridized carbons (Fsp3) is 0.300. The van der Waals surface area contributed by atoms with Crippen molar-refractivity contribution < 1.29 is 4.74 Å². The fourth-order valence-electron chi connectivity index (χ4n) is 1.63. The van der Waals surface area contributed by atoms with Gasteiger partial charge in [-0.1, -0.05) is 6.07 Å². The maximum absolute atomic E-state index is 11.6. The molecule has 0 amide bonds. The van der Waals surface area contributed by atoms with E-state index < -0.39 is 0 Å². The molecule has 0 unspecified atom stereocenters. The van der Waals surface area contributed by atoms with E-state index in [4.69, 9.17) is 4.74 Å². The normalized spacial score (nSPS) is 10.7. The molecular weight excluding hydrogens is 180 g/mol. The number of fused-ring (bicyclic) bond motifs is 1. The van der Waals surface area contributed by atoms with Crippen LogP contribution in [-0.2, 0) is 6.54 Å². The van der Waals surface area contributed by atoms with Crippen LogP contribution in [0.3, 0.4) is 0 Å². The SMILES string of the molecule is CCn1[nH]c(=O)c2c(OC)cccc21. The first-order valence-corrected chi connectivity index (χ1v) is 4.53. The van der Waals surface area contributed by atoms with E-state index >= 15 is 0 Å². The van der Waals surface area contributed by atoms with Crippen molar-refractivity contribution in [2.75, 3.05) is 7.11 Å². The Labute approximate surface area is 81.1 Å². The zero-order valence-electron chi connectivity index (χ0n) is 8.20. The smallest absolute Gasteiger partial charge is 0.275 e. The Morgan fingerprint density at radius 3 is 2.93 bits per heavy atom. The van der Waals surface area contributed by atoms with Crippen molar-refractivity contribution in [3.63, 3.8) is 0 Å². The summed E-state index contributed by atoms with van der Waals surface area (Å²) in [6.45, 7) is 2.72. The number of H-pyrrole nitrogens is 1. The molecule has 0 atom stereocenters. The third-order valence-corrected chi connectivity index (χ3v) is 2.29. The van der Waals surface area contributed by atoms with E-state index in [2.05, 4.69) is 5.10 Å². The monoisotopic (exact) mass is 192 g/mol. The van der Waals surface area contributed by atoms with Crippen molar-refractivity contribution in [1.82, 2.24) is 9.78 Å². The van der Waals surface area contributed by atoms with Crippen LogP contribution in [0, 0.1) is 0 Å². The summed E-state index contributed by atoms with van der Waals surface area (Å²) in [6.07, 6.45) is 0. The molecule has 1 aromatic carbocycles. The van der Waals surface area contributed by atoms with Crippen LogP contribution < -0.4 is 10.3 Å². The van der Waals surface area contributed by atoms with Gasteiger partial charge in [-0.15, -0.1) is 0 Å². The predicted molar refractivity (Wildman–Crippen MR) is 54.8 cm³/mol. The number of hydrogen-bond acceptors (Lipinski definition) is 2. The average Bonchev–Trinajstić information content (AvgIpc) is 2.55. The summed E-state index contributed by atoms with van der Waals surface area (Å²) in [5, 5.41) is 3.38. The molecule has 0 radical (unpaired) electrons. The highest BCUT2D eigenvalue weighted by Gasteiger charge is 2.09. The largest absolute Gasteiger partial charge is 0.496 e. The Morgan fingerprint density at radius 1 is 1.50 bits per heavy atom. The lowest BCUT2D eigenvalue weighted by atomic mass is 10.2. The van der Waals surface area contributed by atoms with E-state index in [0.717, 1.165) is 12.1 Å². The van der Waals surface area contributed by atoms with Crippen molar-refractivity contribution >= 4 is 10.9 Å². The molecule has 1 N–H and O–H groups in total. The highest BCUT2D eigenvalue weighted by atomic mass is 16.5. The summed E-state index contributed by atoms with van der Waals surface area (Å²) >= 11 is 0. The van der Waals surface area contributed by atoms with Crippen molar-refractivity contribution in [2.24, 2.45) is 0 Å². The topological polar surface area (TPSA) is 47.0 Å². The summed E-state index contributed by atoms with van der Waals surface area (Å²) in [5.41, 5.74) is 0.788. The second-order valence-corrected chi connectivity index (χ2v) is 3.04. The van der Waals surface area contributed by atoms with E-state index in [9.17, 15) is 4.79 Å². The molecule has 2 rings (SSSR count). The van der Waals surface area contributed by atoms with Crippen LogP contribution in [0.4, 0.5) is 0 Å². The lowest BCUT2D eigenvalue weighted by Gasteiger charge is -2.01. The average molecular weight is 192 g/mol. The van der Waals surface area contributed by atoms with Gasteiger partial charge in [0.1, 0.15) is 11.1 Å². The lowest BCUT2D eigenvalue weighted by molar-refractivity contribution is 0.419. The molecule has 0 spiro atoms. The highest BCUT2D eigenvalue weighted by Crippen LogP contribution is 2.21. The Balaban J connectivity index is 2.88. The number of nitrogens with zero attached hydrogens (tertiary/aromatic N) is 1. The van der Waals surface area contributed by atoms with Gasteiger partial charge in [0, 0.05) is 6.54 Å². The van der Waals surface area contributed by atoms with Crippen molar-refractivity contribution in [3.05, 3.63) is 28.6 Å². The van der Waals surface area contributed by atoms with Crippen molar-refractivity contribution in [2.45, 2.75) is 13.5 Å². The number of methoxy groups -OCH3 is 1. The van der Waals surface area contributed by atoms with Crippen LogP contribution in [0.1, 0.15) is 6.92 Å². The number of aromatic amines is 1. The van der Waals surface area contributed by atoms with Crippen molar-refractivity contribution in [3.8, 4) is 5.75 Å². The van der Waals surface area contributed by atoms with E-state index in [-0.39, 0.29) is 5.56 Å².